The first-order valence-corrected chi connectivity index (χ1v) is 15.9. The molecule has 1 saturated heterocycles. The standard InChI is InChI=1S/C33H46N4O7/c1-7-8-13-37(18-11-14-36(6)15-12-18)20-10-9-19-16(2)21-17(3)25-26(35(4)5)29(40)24(32(34)43)31(42)33(25,44)30(41)23(21)28(39)22(19)27(20)38/h9-10,16-18,21,23-26,38,44H,7-8,11-15H2,1-6H3,(H2,34,43)/t16-,17-,21-,23?,24?,25-,26-,33-/m0/s1. The van der Waals surface area contributed by atoms with Crippen LogP contribution in [0, 0.1) is 29.6 Å². The summed E-state index contributed by atoms with van der Waals surface area (Å²) in [7, 11) is 5.25. The molecule has 0 spiro atoms. The summed E-state index contributed by atoms with van der Waals surface area (Å²) >= 11 is 0. The fourth-order valence-corrected chi connectivity index (χ4v) is 8.84. The van der Waals surface area contributed by atoms with Crippen molar-refractivity contribution >= 4 is 34.7 Å². The Morgan fingerprint density at radius 3 is 2.30 bits per heavy atom. The van der Waals surface area contributed by atoms with Crippen LogP contribution in [0.25, 0.3) is 0 Å². The van der Waals surface area contributed by atoms with Gasteiger partial charge in [0.25, 0.3) is 0 Å². The van der Waals surface area contributed by atoms with E-state index in [-0.39, 0.29) is 17.4 Å². The minimum Gasteiger partial charge on any atom is -0.505 e. The van der Waals surface area contributed by atoms with Crippen molar-refractivity contribution in [3.8, 4) is 5.75 Å². The lowest BCUT2D eigenvalue weighted by atomic mass is 9.47. The number of Topliss-reactive ketones (excluding diaryl/α,β-unsaturated/α-hetero) is 4. The van der Waals surface area contributed by atoms with Gasteiger partial charge in [0, 0.05) is 18.5 Å². The molecule has 1 aromatic carbocycles. The number of anilines is 1. The van der Waals surface area contributed by atoms with Crippen molar-refractivity contribution in [2.45, 2.75) is 70.1 Å². The van der Waals surface area contributed by atoms with E-state index in [1.165, 1.54) is 4.90 Å². The highest BCUT2D eigenvalue weighted by Crippen LogP contribution is 2.57. The van der Waals surface area contributed by atoms with Crippen molar-refractivity contribution in [1.29, 1.82) is 0 Å². The van der Waals surface area contributed by atoms with Gasteiger partial charge in [0.05, 0.1) is 23.2 Å². The number of hydrogen-bond donors (Lipinski definition) is 3. The monoisotopic (exact) mass is 610 g/mol. The van der Waals surface area contributed by atoms with Crippen LogP contribution in [-0.2, 0) is 19.2 Å². The van der Waals surface area contributed by atoms with Gasteiger partial charge in [-0.25, -0.2) is 0 Å². The molecule has 4 N–H and O–H groups in total. The Kier molecular flexibility index (Phi) is 8.54. The number of primary amides is 1. The molecule has 1 heterocycles. The molecule has 4 aliphatic rings. The maximum absolute atomic E-state index is 14.4. The quantitative estimate of drug-likeness (QED) is 0.385. The molecule has 1 aromatic rings. The molecule has 0 radical (unpaired) electrons. The number of amides is 1. The molecule has 240 valence electrons. The Labute approximate surface area is 258 Å². The van der Waals surface area contributed by atoms with E-state index < -0.39 is 76.2 Å². The van der Waals surface area contributed by atoms with Crippen LogP contribution in [-0.4, -0.2) is 108 Å². The van der Waals surface area contributed by atoms with Crippen LogP contribution in [0.4, 0.5) is 5.69 Å². The number of carbonyl (C=O) groups excluding carboxylic acids is 5. The molecule has 44 heavy (non-hydrogen) atoms. The number of benzene rings is 1. The summed E-state index contributed by atoms with van der Waals surface area (Å²) in [6, 6.07) is 2.76. The lowest BCUT2D eigenvalue weighted by molar-refractivity contribution is -0.188. The second kappa shape index (κ2) is 11.7. The molecular formula is C33H46N4O7. The Morgan fingerprint density at radius 2 is 1.73 bits per heavy atom. The van der Waals surface area contributed by atoms with Gasteiger partial charge >= 0.3 is 0 Å². The first-order chi connectivity index (χ1) is 20.7. The van der Waals surface area contributed by atoms with Gasteiger partial charge in [-0.3, -0.25) is 28.9 Å². The molecule has 2 saturated carbocycles. The number of piperidine rings is 1. The van der Waals surface area contributed by atoms with Gasteiger partial charge in [-0.2, -0.15) is 0 Å². The van der Waals surface area contributed by atoms with Gasteiger partial charge in [0.15, 0.2) is 34.7 Å². The summed E-state index contributed by atoms with van der Waals surface area (Å²) < 4.78 is 0. The number of rotatable bonds is 7. The maximum Gasteiger partial charge on any atom is 0.235 e. The first-order valence-electron chi connectivity index (χ1n) is 15.9. The predicted octanol–water partition coefficient (Wildman–Crippen LogP) is 1.37. The van der Waals surface area contributed by atoms with Gasteiger partial charge in [-0.1, -0.05) is 33.3 Å². The number of aliphatic hydroxyl groups is 1. The van der Waals surface area contributed by atoms with Crippen LogP contribution < -0.4 is 10.6 Å². The third kappa shape index (κ3) is 4.61. The number of unbranched alkanes of at least 4 members (excludes halogenated alkanes) is 1. The first kappa shape index (κ1) is 32.2. The Morgan fingerprint density at radius 1 is 1.09 bits per heavy atom. The zero-order valence-corrected chi connectivity index (χ0v) is 26.6. The minimum atomic E-state index is -2.76. The molecule has 0 bridgehead atoms. The molecule has 11 nitrogen and oxygen atoms in total. The largest absolute Gasteiger partial charge is 0.505 e. The van der Waals surface area contributed by atoms with Gasteiger partial charge in [0.2, 0.25) is 5.91 Å². The molecule has 5 rings (SSSR count). The van der Waals surface area contributed by atoms with E-state index in [2.05, 4.69) is 23.8 Å². The number of aromatic hydroxyl groups is 1. The van der Waals surface area contributed by atoms with Crippen LogP contribution in [0.5, 0.6) is 5.75 Å². The zero-order valence-electron chi connectivity index (χ0n) is 26.6. The van der Waals surface area contributed by atoms with Crippen LogP contribution in [0.2, 0.25) is 0 Å². The number of carbonyl (C=O) groups is 5. The molecule has 0 aromatic heterocycles. The molecular weight excluding hydrogens is 564 g/mol. The van der Waals surface area contributed by atoms with Crippen molar-refractivity contribution in [3.05, 3.63) is 23.3 Å². The van der Waals surface area contributed by atoms with Crippen LogP contribution in [0.15, 0.2) is 12.1 Å². The number of likely N-dealkylation sites (N-methyl/N-ethyl adjacent to an activating group) is 1. The van der Waals surface area contributed by atoms with Crippen LogP contribution >= 0.6 is 0 Å². The summed E-state index contributed by atoms with van der Waals surface area (Å²) in [6.07, 6.45) is 3.67. The number of fused-ring (bicyclic) bond motifs is 3. The fraction of sp³-hybridized carbons (Fsp3) is 0.667. The normalized spacial score (nSPS) is 34.5. The average Bonchev–Trinajstić information content (AvgIpc) is 2.96. The maximum atomic E-state index is 14.4. The lowest BCUT2D eigenvalue weighted by Crippen LogP contribution is -2.76. The van der Waals surface area contributed by atoms with E-state index in [0.717, 1.165) is 38.8 Å². The Hall–Kier alpha value is -3.15. The number of likely N-dealkylation sites (tertiary alicyclic amines) is 1. The lowest BCUT2D eigenvalue weighted by Gasteiger charge is -2.57. The highest BCUT2D eigenvalue weighted by Gasteiger charge is 2.72. The van der Waals surface area contributed by atoms with E-state index in [1.807, 2.05) is 19.1 Å². The van der Waals surface area contributed by atoms with Crippen molar-refractivity contribution in [2.24, 2.45) is 35.3 Å². The van der Waals surface area contributed by atoms with Crippen molar-refractivity contribution in [2.75, 3.05) is 45.7 Å². The van der Waals surface area contributed by atoms with Gasteiger partial charge in [0.1, 0.15) is 5.75 Å². The summed E-state index contributed by atoms with van der Waals surface area (Å²) in [6.45, 7) is 8.27. The Bertz CT molecular complexity index is 1390. The Balaban J connectivity index is 1.62. The number of nitrogens with zero attached hydrogens (tertiary/aromatic N) is 3. The second-order valence-corrected chi connectivity index (χ2v) is 13.7. The summed E-state index contributed by atoms with van der Waals surface area (Å²) in [5, 5.41) is 23.8. The number of hydrogen-bond acceptors (Lipinski definition) is 10. The van der Waals surface area contributed by atoms with E-state index in [1.54, 1.807) is 21.0 Å². The van der Waals surface area contributed by atoms with Crippen molar-refractivity contribution in [3.63, 3.8) is 0 Å². The van der Waals surface area contributed by atoms with E-state index >= 15 is 0 Å². The molecule has 3 aliphatic carbocycles. The van der Waals surface area contributed by atoms with Gasteiger partial charge in [-0.15, -0.1) is 0 Å². The van der Waals surface area contributed by atoms with E-state index in [4.69, 9.17) is 5.73 Å². The minimum absolute atomic E-state index is 0.0446. The molecule has 3 fully saturated rings. The summed E-state index contributed by atoms with van der Waals surface area (Å²) in [4.78, 5) is 74.2. The highest BCUT2D eigenvalue weighted by molar-refractivity contribution is 6.32. The SMILES string of the molecule is CCCCN(c1ccc2c(c1O)C(=O)C1C(=O)[C@]3(O)C(=O)C(C(N)=O)C(=O)[C@@H](N(C)C)[C@@H]3[C@@H](C)[C@@H]1[C@H]2C)C1CCN(C)CC1. The predicted molar refractivity (Wildman–Crippen MR) is 163 cm³/mol. The molecule has 1 amide bonds. The third-order valence-electron chi connectivity index (χ3n) is 11.1. The number of ketones is 4. The molecule has 8 atom stereocenters. The smallest absolute Gasteiger partial charge is 0.235 e. The fourth-order valence-electron chi connectivity index (χ4n) is 8.84. The summed E-state index contributed by atoms with van der Waals surface area (Å²) in [5.74, 6) is -11.4. The van der Waals surface area contributed by atoms with E-state index in [9.17, 15) is 34.2 Å². The van der Waals surface area contributed by atoms with Crippen molar-refractivity contribution < 1.29 is 34.2 Å². The van der Waals surface area contributed by atoms with Crippen LogP contribution in [0.3, 0.4) is 0 Å². The number of phenols is 1. The molecule has 2 unspecified atom stereocenters. The topological polar surface area (TPSA) is 162 Å². The molecule has 1 aliphatic heterocycles. The number of phenolic OH excluding ortho intramolecular Hbond substituents is 1. The average molecular weight is 611 g/mol. The van der Waals surface area contributed by atoms with Gasteiger partial charge < -0.3 is 25.7 Å². The summed E-state index contributed by atoms with van der Waals surface area (Å²) in [5.41, 5.74) is 3.88. The molecule has 11 heteroatoms. The second-order valence-electron chi connectivity index (χ2n) is 13.7. The highest BCUT2D eigenvalue weighted by atomic mass is 16.3. The zero-order chi connectivity index (χ0) is 32.4. The van der Waals surface area contributed by atoms with Gasteiger partial charge in [-0.05, 0) is 82.9 Å². The van der Waals surface area contributed by atoms with E-state index in [0.29, 0.717) is 17.8 Å². The van der Waals surface area contributed by atoms with Crippen LogP contribution in [0.1, 0.15) is 68.3 Å². The van der Waals surface area contributed by atoms with Crippen molar-refractivity contribution in [1.82, 2.24) is 9.80 Å². The number of nitrogens with two attached hydrogens (primary N) is 1. The third-order valence-corrected chi connectivity index (χ3v) is 11.1.